The lowest BCUT2D eigenvalue weighted by Gasteiger charge is -2.30. The molecular weight excluding hydrogens is 234 g/mol. The van der Waals surface area contributed by atoms with Crippen molar-refractivity contribution in [2.75, 3.05) is 19.7 Å². The number of carbonyl (C=O) groups is 1. The summed E-state index contributed by atoms with van der Waals surface area (Å²) in [5.41, 5.74) is 1.66. The molecule has 0 saturated carbocycles. The number of esters is 1. The smallest absolute Gasteiger partial charge is 0.310 e. The Morgan fingerprint density at radius 1 is 1.56 bits per heavy atom. The SMILES string of the molecule is CCOC(=O)[C@H]1CCCN(Cc2nonc2C)C1. The van der Waals surface area contributed by atoms with Crippen LogP contribution in [0.25, 0.3) is 0 Å². The fraction of sp³-hybridized carbons (Fsp3) is 0.750. The van der Waals surface area contributed by atoms with Crippen molar-refractivity contribution >= 4 is 5.97 Å². The van der Waals surface area contributed by atoms with E-state index in [0.717, 1.165) is 37.3 Å². The van der Waals surface area contributed by atoms with E-state index < -0.39 is 0 Å². The number of aryl methyl sites for hydroxylation is 1. The first-order valence-corrected chi connectivity index (χ1v) is 6.37. The van der Waals surface area contributed by atoms with Gasteiger partial charge in [-0.15, -0.1) is 0 Å². The van der Waals surface area contributed by atoms with Gasteiger partial charge in [-0.2, -0.15) is 0 Å². The molecule has 0 aliphatic carbocycles. The minimum Gasteiger partial charge on any atom is -0.466 e. The van der Waals surface area contributed by atoms with Crippen LogP contribution in [-0.2, 0) is 16.1 Å². The van der Waals surface area contributed by atoms with Gasteiger partial charge in [0.1, 0.15) is 11.4 Å². The highest BCUT2D eigenvalue weighted by molar-refractivity contribution is 5.72. The zero-order chi connectivity index (χ0) is 13.0. The van der Waals surface area contributed by atoms with Gasteiger partial charge in [0, 0.05) is 13.1 Å². The number of likely N-dealkylation sites (tertiary alicyclic amines) is 1. The van der Waals surface area contributed by atoms with Gasteiger partial charge >= 0.3 is 5.97 Å². The van der Waals surface area contributed by atoms with Crippen LogP contribution in [0, 0.1) is 12.8 Å². The Hall–Kier alpha value is -1.43. The van der Waals surface area contributed by atoms with Crippen LogP contribution in [0.15, 0.2) is 4.63 Å². The predicted octanol–water partition coefficient (Wildman–Crippen LogP) is 1.15. The van der Waals surface area contributed by atoms with Crippen LogP contribution in [-0.4, -0.2) is 40.9 Å². The molecular formula is C12H19N3O3. The van der Waals surface area contributed by atoms with E-state index in [0.29, 0.717) is 13.2 Å². The zero-order valence-electron chi connectivity index (χ0n) is 10.9. The van der Waals surface area contributed by atoms with Crippen molar-refractivity contribution in [3.63, 3.8) is 0 Å². The van der Waals surface area contributed by atoms with E-state index in [2.05, 4.69) is 19.8 Å². The van der Waals surface area contributed by atoms with Crippen LogP contribution in [0.2, 0.25) is 0 Å². The van der Waals surface area contributed by atoms with Crippen molar-refractivity contribution in [2.24, 2.45) is 5.92 Å². The average Bonchev–Trinajstić information content (AvgIpc) is 2.76. The third-order valence-electron chi connectivity index (χ3n) is 3.25. The Balaban J connectivity index is 1.91. The molecule has 1 aliphatic heterocycles. The number of ether oxygens (including phenoxy) is 1. The fourth-order valence-electron chi connectivity index (χ4n) is 2.26. The van der Waals surface area contributed by atoms with Gasteiger partial charge in [-0.1, -0.05) is 10.3 Å². The third-order valence-corrected chi connectivity index (χ3v) is 3.25. The molecule has 0 spiro atoms. The molecule has 0 bridgehead atoms. The zero-order valence-corrected chi connectivity index (χ0v) is 10.9. The summed E-state index contributed by atoms with van der Waals surface area (Å²) < 4.78 is 9.76. The van der Waals surface area contributed by atoms with Crippen LogP contribution < -0.4 is 0 Å². The third kappa shape index (κ3) is 3.07. The van der Waals surface area contributed by atoms with Crippen LogP contribution >= 0.6 is 0 Å². The highest BCUT2D eigenvalue weighted by Gasteiger charge is 2.27. The topological polar surface area (TPSA) is 68.5 Å². The second kappa shape index (κ2) is 5.95. The lowest BCUT2D eigenvalue weighted by molar-refractivity contribution is -0.150. The van der Waals surface area contributed by atoms with Crippen molar-refractivity contribution in [2.45, 2.75) is 33.2 Å². The molecule has 1 saturated heterocycles. The lowest BCUT2D eigenvalue weighted by atomic mass is 9.98. The number of nitrogens with zero attached hydrogens (tertiary/aromatic N) is 3. The van der Waals surface area contributed by atoms with Crippen molar-refractivity contribution in [3.05, 3.63) is 11.4 Å². The Morgan fingerprint density at radius 2 is 2.39 bits per heavy atom. The predicted molar refractivity (Wildman–Crippen MR) is 63.7 cm³/mol. The average molecular weight is 253 g/mol. The van der Waals surface area contributed by atoms with Crippen LogP contribution in [0.3, 0.4) is 0 Å². The van der Waals surface area contributed by atoms with Gasteiger partial charge in [0.05, 0.1) is 12.5 Å². The Labute approximate surface area is 106 Å². The first-order chi connectivity index (χ1) is 8.70. The van der Waals surface area contributed by atoms with Gasteiger partial charge in [0.25, 0.3) is 0 Å². The molecule has 18 heavy (non-hydrogen) atoms. The fourth-order valence-corrected chi connectivity index (χ4v) is 2.26. The lowest BCUT2D eigenvalue weighted by Crippen LogP contribution is -2.39. The van der Waals surface area contributed by atoms with Gasteiger partial charge in [-0.3, -0.25) is 9.69 Å². The summed E-state index contributed by atoms with van der Waals surface area (Å²) >= 11 is 0. The molecule has 1 aromatic rings. The normalized spacial score (nSPS) is 20.9. The highest BCUT2D eigenvalue weighted by Crippen LogP contribution is 2.19. The maximum atomic E-state index is 11.7. The first-order valence-electron chi connectivity index (χ1n) is 6.37. The number of aromatic nitrogens is 2. The molecule has 6 nitrogen and oxygen atoms in total. The Morgan fingerprint density at radius 3 is 3.06 bits per heavy atom. The molecule has 1 fully saturated rings. The first kappa shape index (κ1) is 13.0. The summed E-state index contributed by atoms with van der Waals surface area (Å²) in [7, 11) is 0. The molecule has 1 atom stereocenters. The summed E-state index contributed by atoms with van der Waals surface area (Å²) in [5, 5.41) is 7.63. The van der Waals surface area contributed by atoms with Gasteiger partial charge in [-0.05, 0) is 33.2 Å². The number of hydrogen-bond acceptors (Lipinski definition) is 6. The molecule has 2 heterocycles. The monoisotopic (exact) mass is 253 g/mol. The Bertz CT molecular complexity index is 405. The molecule has 0 amide bonds. The Kier molecular flexibility index (Phi) is 4.30. The summed E-state index contributed by atoms with van der Waals surface area (Å²) in [6.07, 6.45) is 1.92. The molecule has 100 valence electrons. The second-order valence-electron chi connectivity index (χ2n) is 4.62. The van der Waals surface area contributed by atoms with E-state index in [1.165, 1.54) is 0 Å². The number of rotatable bonds is 4. The number of hydrogen-bond donors (Lipinski definition) is 0. The minimum absolute atomic E-state index is 0.0149. The number of carbonyl (C=O) groups excluding carboxylic acids is 1. The minimum atomic E-state index is -0.0859. The van der Waals surface area contributed by atoms with Crippen molar-refractivity contribution in [1.29, 1.82) is 0 Å². The molecule has 1 aromatic heterocycles. The van der Waals surface area contributed by atoms with E-state index in [-0.39, 0.29) is 11.9 Å². The van der Waals surface area contributed by atoms with E-state index in [1.54, 1.807) is 0 Å². The van der Waals surface area contributed by atoms with Crippen molar-refractivity contribution < 1.29 is 14.2 Å². The quantitative estimate of drug-likeness (QED) is 0.750. The van der Waals surface area contributed by atoms with Crippen molar-refractivity contribution in [3.8, 4) is 0 Å². The van der Waals surface area contributed by atoms with Gasteiger partial charge in [-0.25, -0.2) is 4.63 Å². The van der Waals surface area contributed by atoms with Crippen LogP contribution in [0.1, 0.15) is 31.2 Å². The maximum absolute atomic E-state index is 11.7. The van der Waals surface area contributed by atoms with Gasteiger partial charge in [0.15, 0.2) is 0 Å². The van der Waals surface area contributed by atoms with E-state index >= 15 is 0 Å². The molecule has 1 aliphatic rings. The van der Waals surface area contributed by atoms with Gasteiger partial charge in [0.2, 0.25) is 0 Å². The molecule has 0 unspecified atom stereocenters. The van der Waals surface area contributed by atoms with Crippen LogP contribution in [0.5, 0.6) is 0 Å². The van der Waals surface area contributed by atoms with Crippen molar-refractivity contribution in [1.82, 2.24) is 15.2 Å². The summed E-state index contributed by atoms with van der Waals surface area (Å²) in [4.78, 5) is 13.9. The summed E-state index contributed by atoms with van der Waals surface area (Å²) in [6, 6.07) is 0. The second-order valence-corrected chi connectivity index (χ2v) is 4.62. The standard InChI is InChI=1S/C12H19N3O3/c1-3-17-12(16)10-5-4-6-15(7-10)8-11-9(2)13-18-14-11/h10H,3-8H2,1-2H3/t10-/m0/s1. The van der Waals surface area contributed by atoms with E-state index in [9.17, 15) is 4.79 Å². The maximum Gasteiger partial charge on any atom is 0.310 e. The largest absolute Gasteiger partial charge is 0.466 e. The van der Waals surface area contributed by atoms with Gasteiger partial charge < -0.3 is 4.74 Å². The van der Waals surface area contributed by atoms with E-state index in [1.807, 2.05) is 13.8 Å². The summed E-state index contributed by atoms with van der Waals surface area (Å²) in [5.74, 6) is -0.101. The molecule has 0 radical (unpaired) electrons. The number of piperidine rings is 1. The highest BCUT2D eigenvalue weighted by atomic mass is 16.6. The molecule has 2 rings (SSSR count). The molecule has 0 N–H and O–H groups in total. The molecule has 6 heteroatoms. The van der Waals surface area contributed by atoms with E-state index in [4.69, 9.17) is 4.74 Å². The van der Waals surface area contributed by atoms with Crippen LogP contribution in [0.4, 0.5) is 0 Å². The molecule has 0 aromatic carbocycles. The summed E-state index contributed by atoms with van der Waals surface area (Å²) in [6.45, 7) is 6.54.